The van der Waals surface area contributed by atoms with Gasteiger partial charge in [-0.25, -0.2) is 0 Å². The van der Waals surface area contributed by atoms with Crippen LogP contribution in [0.1, 0.15) is 93.9 Å². The molecule has 1 aliphatic carbocycles. The number of rotatable bonds is 1. The van der Waals surface area contributed by atoms with Crippen LogP contribution in [0.3, 0.4) is 0 Å². The smallest absolute Gasteiger partial charge is 0.0533 e. The van der Waals surface area contributed by atoms with Crippen LogP contribution in [0.4, 0.5) is 0 Å². The van der Waals surface area contributed by atoms with Crippen LogP contribution in [0.5, 0.6) is 0 Å². The summed E-state index contributed by atoms with van der Waals surface area (Å²) in [4.78, 5) is 0. The zero-order chi connectivity index (χ0) is 14.2. The third-order valence-electron chi connectivity index (χ3n) is 1.50. The Morgan fingerprint density at radius 2 is 0.688 bits per heavy atom. The van der Waals surface area contributed by atoms with Crippen molar-refractivity contribution >= 4 is 0 Å². The molecule has 0 nitrogen and oxygen atoms in total. The summed E-state index contributed by atoms with van der Waals surface area (Å²) >= 11 is 0. The highest BCUT2D eigenvalue weighted by Gasteiger charge is 1.95. The second-order valence-corrected chi connectivity index (χ2v) is 2.41. The van der Waals surface area contributed by atoms with E-state index in [0.717, 1.165) is 0 Å². The number of hydrogen-bond acceptors (Lipinski definition) is 0. The van der Waals surface area contributed by atoms with Gasteiger partial charge in [0, 0.05) is 0 Å². The van der Waals surface area contributed by atoms with Crippen LogP contribution in [0.2, 0.25) is 0 Å². The quantitative estimate of drug-likeness (QED) is 0.418. The van der Waals surface area contributed by atoms with Gasteiger partial charge in [0.05, 0.1) is 0 Å². The average molecular weight is 232 g/mol. The van der Waals surface area contributed by atoms with Gasteiger partial charge >= 0.3 is 0 Å². The topological polar surface area (TPSA) is 0 Å². The molecule has 0 aromatic rings. The van der Waals surface area contributed by atoms with Gasteiger partial charge in [-0.2, -0.15) is 0 Å². The Kier molecular flexibility index (Phi) is 157. The lowest BCUT2D eigenvalue weighted by Gasteiger charge is -2.05. The summed E-state index contributed by atoms with van der Waals surface area (Å²) in [5.74, 6) is 0. The maximum Gasteiger partial charge on any atom is -0.0533 e. The molecule has 0 spiro atoms. The Labute approximate surface area is 108 Å². The van der Waals surface area contributed by atoms with E-state index in [-0.39, 0.29) is 0 Å². The lowest BCUT2D eigenvalue weighted by Crippen LogP contribution is -1.85. The largest absolute Gasteiger partial charge is 0.106 e. The Balaban J connectivity index is -0.0000000319. The molecule has 0 aliphatic heterocycles. The van der Waals surface area contributed by atoms with Crippen LogP contribution in [0.25, 0.3) is 0 Å². The van der Waals surface area contributed by atoms with Gasteiger partial charge < -0.3 is 0 Å². The van der Waals surface area contributed by atoms with Crippen molar-refractivity contribution in [1.29, 1.82) is 0 Å². The summed E-state index contributed by atoms with van der Waals surface area (Å²) in [5, 5.41) is 0. The van der Waals surface area contributed by atoms with Crippen molar-refractivity contribution in [3.05, 3.63) is 13.2 Å². The molecule has 1 rings (SSSR count). The van der Waals surface area contributed by atoms with Crippen LogP contribution >= 0.6 is 0 Å². The second kappa shape index (κ2) is 84.5. The van der Waals surface area contributed by atoms with E-state index in [1.165, 1.54) is 38.5 Å². The van der Waals surface area contributed by atoms with Gasteiger partial charge in [-0.3, -0.25) is 0 Å². The first-order valence-corrected chi connectivity index (χ1v) is 7.41. The molecular weight excluding hydrogens is 192 g/mol. The Bertz CT molecular complexity index is 29.3. The predicted molar refractivity (Wildman–Crippen MR) is 84.3 cm³/mol. The van der Waals surface area contributed by atoms with Gasteiger partial charge in [0.25, 0.3) is 0 Å². The maximum absolute atomic E-state index is 3.00. The summed E-state index contributed by atoms with van der Waals surface area (Å²) in [5.41, 5.74) is 0. The first-order valence-electron chi connectivity index (χ1n) is 7.41. The Morgan fingerprint density at radius 1 is 0.562 bits per heavy atom. The van der Waals surface area contributed by atoms with Crippen LogP contribution in [-0.2, 0) is 0 Å². The molecule has 0 bridgehead atoms. The van der Waals surface area contributed by atoms with Gasteiger partial charge in [0.2, 0.25) is 0 Å². The molecule has 0 N–H and O–H groups in total. The molecule has 1 aliphatic rings. The molecule has 0 unspecified atom stereocenters. The van der Waals surface area contributed by atoms with Gasteiger partial charge in [-0.1, -0.05) is 93.9 Å². The summed E-state index contributed by atoms with van der Waals surface area (Å²) in [6.07, 6.45) is 8.64. The van der Waals surface area contributed by atoms with Crippen molar-refractivity contribution in [2.24, 2.45) is 0 Å². The molecule has 0 saturated heterocycles. The zero-order valence-electron chi connectivity index (χ0n) is 13.7. The van der Waals surface area contributed by atoms with E-state index < -0.39 is 0 Å². The van der Waals surface area contributed by atoms with Crippen molar-refractivity contribution < 1.29 is 0 Å². The lowest BCUT2D eigenvalue weighted by atomic mass is 10.0. The van der Waals surface area contributed by atoms with E-state index in [1.54, 1.807) is 0 Å². The Morgan fingerprint density at radius 3 is 0.688 bits per heavy atom. The molecule has 1 saturated carbocycles. The third kappa shape index (κ3) is 99.3. The molecule has 0 heterocycles. The maximum atomic E-state index is 3.00. The minimum atomic E-state index is 1.32. The minimum absolute atomic E-state index is 1.32. The predicted octanol–water partition coefficient (Wildman–Crippen LogP) is 7.25. The van der Waals surface area contributed by atoms with E-state index >= 15 is 0 Å². The molecule has 0 radical (unpaired) electrons. The normalized spacial score (nSPS) is 9.25. The molecule has 0 atom stereocenters. The first kappa shape index (κ1) is 29.6. The molecule has 104 valence electrons. The SMILES string of the molecule is C1CCC1.C=C.CC.CC.CC.CCCC. The van der Waals surface area contributed by atoms with Crippen molar-refractivity contribution in [1.82, 2.24) is 0 Å². The first-order chi connectivity index (χ1) is 7.91. The van der Waals surface area contributed by atoms with Crippen LogP contribution in [0.15, 0.2) is 13.2 Å². The summed E-state index contributed by atoms with van der Waals surface area (Å²) in [6, 6.07) is 0. The van der Waals surface area contributed by atoms with Crippen molar-refractivity contribution in [3.63, 3.8) is 0 Å². The van der Waals surface area contributed by atoms with Gasteiger partial charge in [-0.05, 0) is 0 Å². The third-order valence-corrected chi connectivity index (χ3v) is 1.50. The zero-order valence-corrected chi connectivity index (χ0v) is 13.7. The van der Waals surface area contributed by atoms with Crippen LogP contribution < -0.4 is 0 Å². The van der Waals surface area contributed by atoms with Crippen molar-refractivity contribution in [3.8, 4) is 0 Å². The van der Waals surface area contributed by atoms with Crippen molar-refractivity contribution in [2.75, 3.05) is 0 Å². The highest BCUT2D eigenvalue weighted by atomic mass is 14.0. The highest BCUT2D eigenvalue weighted by molar-refractivity contribution is 4.50. The van der Waals surface area contributed by atoms with Gasteiger partial charge in [-0.15, -0.1) is 13.2 Å². The fourth-order valence-electron chi connectivity index (χ4n) is 0.250. The van der Waals surface area contributed by atoms with E-state index in [9.17, 15) is 0 Å². The molecule has 1 fully saturated rings. The second-order valence-electron chi connectivity index (χ2n) is 2.41. The molecule has 0 amide bonds. The average Bonchev–Trinajstić information content (AvgIpc) is 2.36. The van der Waals surface area contributed by atoms with Gasteiger partial charge in [0.1, 0.15) is 0 Å². The van der Waals surface area contributed by atoms with Gasteiger partial charge in [0.15, 0.2) is 0 Å². The number of unbranched alkanes of at least 4 members (excludes halogenated alkanes) is 1. The fraction of sp³-hybridized carbons (Fsp3) is 0.875. The van der Waals surface area contributed by atoms with E-state index in [4.69, 9.17) is 0 Å². The minimum Gasteiger partial charge on any atom is -0.106 e. The van der Waals surface area contributed by atoms with E-state index in [0.29, 0.717) is 0 Å². The standard InChI is InChI=1S/C4H8.C4H10.3C2H6.C2H4/c1-2-4-3-1;1-3-4-2;4*1-2/h1-4H2;3-4H2,1-2H3;3*1-2H3;1-2H2. The molecule has 16 heavy (non-hydrogen) atoms. The molecule has 0 aromatic heterocycles. The highest BCUT2D eigenvalue weighted by Crippen LogP contribution is 2.15. The summed E-state index contributed by atoms with van der Waals surface area (Å²) in [6.45, 7) is 22.4. The van der Waals surface area contributed by atoms with E-state index in [1.807, 2.05) is 41.5 Å². The lowest BCUT2D eigenvalue weighted by molar-refractivity contribution is 0.504. The van der Waals surface area contributed by atoms with Crippen LogP contribution in [-0.4, -0.2) is 0 Å². The van der Waals surface area contributed by atoms with E-state index in [2.05, 4.69) is 27.0 Å². The Hall–Kier alpha value is -0.260. The molecule has 0 aromatic carbocycles. The number of hydrogen-bond donors (Lipinski definition) is 0. The molecular formula is C16H40. The van der Waals surface area contributed by atoms with Crippen LogP contribution in [0, 0.1) is 0 Å². The molecule has 0 heteroatoms. The monoisotopic (exact) mass is 232 g/mol. The summed E-state index contributed by atoms with van der Waals surface area (Å²) < 4.78 is 0. The summed E-state index contributed by atoms with van der Waals surface area (Å²) in [7, 11) is 0. The fourth-order valence-corrected chi connectivity index (χ4v) is 0.250. The van der Waals surface area contributed by atoms with Crippen molar-refractivity contribution in [2.45, 2.75) is 93.9 Å².